The summed E-state index contributed by atoms with van der Waals surface area (Å²) in [5, 5.41) is 9.02. The largest absolute Gasteiger partial charge is 0.477 e. The quantitative estimate of drug-likeness (QED) is 0.891. The number of nitrogens with zero attached hydrogens (tertiary/aromatic N) is 1. The Morgan fingerprint density at radius 3 is 2.73 bits per heavy atom. The topological polar surface area (TPSA) is 66.8 Å². The van der Waals surface area contributed by atoms with Gasteiger partial charge in [0.15, 0.2) is 0 Å². The monoisotopic (exact) mass is 341 g/mol. The Balaban J connectivity index is 1.76. The minimum absolute atomic E-state index is 0.0551. The van der Waals surface area contributed by atoms with E-state index in [1.165, 1.54) is 6.07 Å². The van der Waals surface area contributed by atoms with Gasteiger partial charge in [-0.1, -0.05) is 0 Å². The zero-order chi connectivity index (χ0) is 15.5. The van der Waals surface area contributed by atoms with Crippen molar-refractivity contribution in [2.24, 2.45) is 0 Å². The van der Waals surface area contributed by atoms with E-state index in [0.717, 1.165) is 48.7 Å². The van der Waals surface area contributed by atoms with Crippen LogP contribution in [0.5, 0.6) is 0 Å². The Morgan fingerprint density at radius 2 is 2.14 bits per heavy atom. The fourth-order valence-corrected chi connectivity index (χ4v) is 4.91. The molecular weight excluding hydrogens is 322 g/mol. The Morgan fingerprint density at radius 1 is 1.32 bits per heavy atom. The van der Waals surface area contributed by atoms with E-state index in [4.69, 9.17) is 9.84 Å². The first kappa shape index (κ1) is 15.8. The molecule has 2 aliphatic heterocycles. The fraction of sp³-hybridized carbons (Fsp3) is 0.600. The molecule has 2 fully saturated rings. The first-order valence-electron chi connectivity index (χ1n) is 7.48. The van der Waals surface area contributed by atoms with Crippen LogP contribution in [0.4, 0.5) is 0 Å². The third kappa shape index (κ3) is 3.47. The van der Waals surface area contributed by atoms with Crippen molar-refractivity contribution in [2.45, 2.75) is 31.4 Å². The van der Waals surface area contributed by atoms with Crippen molar-refractivity contribution in [3.63, 3.8) is 0 Å². The first-order chi connectivity index (χ1) is 10.6. The molecule has 120 valence electrons. The lowest BCUT2D eigenvalue weighted by Gasteiger charge is -2.30. The molecule has 3 rings (SSSR count). The minimum Gasteiger partial charge on any atom is -0.477 e. The van der Waals surface area contributed by atoms with E-state index in [9.17, 15) is 9.59 Å². The molecule has 1 aromatic rings. The number of aromatic carboxylic acids is 1. The van der Waals surface area contributed by atoms with Gasteiger partial charge in [0.05, 0.1) is 11.0 Å². The summed E-state index contributed by atoms with van der Waals surface area (Å²) < 4.78 is 5.68. The molecule has 0 aromatic carbocycles. The van der Waals surface area contributed by atoms with Gasteiger partial charge in [-0.05, 0) is 37.1 Å². The Labute approximate surface area is 137 Å². The van der Waals surface area contributed by atoms with Crippen molar-refractivity contribution in [1.82, 2.24) is 4.90 Å². The van der Waals surface area contributed by atoms with Gasteiger partial charge in [0.2, 0.25) is 0 Å². The molecule has 2 aliphatic rings. The SMILES string of the molecule is O=C(O)c1ccc(C(=O)N(C[C@@H]2CCCO2)[C@@H]2CCSC2)s1. The number of rotatable bonds is 5. The maximum Gasteiger partial charge on any atom is 0.345 e. The average Bonchev–Trinajstić information content (AvgIpc) is 3.24. The van der Waals surface area contributed by atoms with Gasteiger partial charge in [0.1, 0.15) is 4.88 Å². The molecule has 0 unspecified atom stereocenters. The second kappa shape index (κ2) is 7.02. The lowest BCUT2D eigenvalue weighted by Crippen LogP contribution is -2.44. The molecule has 0 spiro atoms. The smallest absolute Gasteiger partial charge is 0.345 e. The standard InChI is InChI=1S/C15H19NO4S2/c17-14(12-3-4-13(22-12)15(18)19)16(10-5-7-21-9-10)8-11-2-1-6-20-11/h3-4,10-11H,1-2,5-9H2,(H,18,19)/t10-,11+/m1/s1. The van der Waals surface area contributed by atoms with Gasteiger partial charge < -0.3 is 14.7 Å². The molecule has 0 bridgehead atoms. The second-order valence-electron chi connectivity index (χ2n) is 5.58. The van der Waals surface area contributed by atoms with Crippen LogP contribution in [0, 0.1) is 0 Å². The normalized spacial score (nSPS) is 24.5. The number of carbonyl (C=O) groups excluding carboxylic acids is 1. The lowest BCUT2D eigenvalue weighted by atomic mass is 10.1. The molecule has 1 aromatic heterocycles. The van der Waals surface area contributed by atoms with Crippen LogP contribution in [-0.4, -0.2) is 58.7 Å². The van der Waals surface area contributed by atoms with Gasteiger partial charge in [-0.2, -0.15) is 11.8 Å². The molecule has 2 saturated heterocycles. The van der Waals surface area contributed by atoms with Crippen LogP contribution >= 0.6 is 23.1 Å². The molecule has 3 heterocycles. The van der Waals surface area contributed by atoms with Crippen molar-refractivity contribution in [1.29, 1.82) is 0 Å². The van der Waals surface area contributed by atoms with Gasteiger partial charge in [0.25, 0.3) is 5.91 Å². The molecule has 5 nitrogen and oxygen atoms in total. The van der Waals surface area contributed by atoms with Crippen molar-refractivity contribution in [3.8, 4) is 0 Å². The maximum absolute atomic E-state index is 12.8. The number of thioether (sulfide) groups is 1. The maximum atomic E-state index is 12.8. The summed E-state index contributed by atoms with van der Waals surface area (Å²) in [4.78, 5) is 26.5. The van der Waals surface area contributed by atoms with Gasteiger partial charge in [-0.25, -0.2) is 4.79 Å². The van der Waals surface area contributed by atoms with E-state index in [1.807, 2.05) is 16.7 Å². The highest BCUT2D eigenvalue weighted by molar-refractivity contribution is 7.99. The van der Waals surface area contributed by atoms with Crippen molar-refractivity contribution < 1.29 is 19.4 Å². The summed E-state index contributed by atoms with van der Waals surface area (Å²) in [6.45, 7) is 1.39. The number of carboxylic acids is 1. The highest BCUT2D eigenvalue weighted by atomic mass is 32.2. The number of ether oxygens (including phenoxy) is 1. The van der Waals surface area contributed by atoms with Gasteiger partial charge >= 0.3 is 5.97 Å². The summed E-state index contributed by atoms with van der Waals surface area (Å²) in [6, 6.07) is 3.37. The van der Waals surface area contributed by atoms with E-state index < -0.39 is 5.97 Å². The van der Waals surface area contributed by atoms with Crippen LogP contribution in [0.25, 0.3) is 0 Å². The van der Waals surface area contributed by atoms with Crippen LogP contribution in [-0.2, 0) is 4.74 Å². The summed E-state index contributed by atoms with van der Waals surface area (Å²) in [6.07, 6.45) is 3.16. The van der Waals surface area contributed by atoms with Crippen molar-refractivity contribution >= 4 is 35.0 Å². The van der Waals surface area contributed by atoms with E-state index >= 15 is 0 Å². The Hall–Kier alpha value is -1.05. The molecule has 7 heteroatoms. The third-order valence-corrected chi connectivity index (χ3v) is 6.27. The zero-order valence-electron chi connectivity index (χ0n) is 12.2. The number of amides is 1. The van der Waals surface area contributed by atoms with Crippen molar-refractivity contribution in [3.05, 3.63) is 21.9 Å². The van der Waals surface area contributed by atoms with Gasteiger partial charge in [0, 0.05) is 24.9 Å². The van der Waals surface area contributed by atoms with Gasteiger partial charge in [-0.3, -0.25) is 4.79 Å². The van der Waals surface area contributed by atoms with Crippen LogP contribution < -0.4 is 0 Å². The molecule has 1 amide bonds. The fourth-order valence-electron chi connectivity index (χ4n) is 2.88. The molecule has 0 saturated carbocycles. The Bertz CT molecular complexity index is 547. The predicted molar refractivity (Wildman–Crippen MR) is 87.0 cm³/mol. The number of carboxylic acid groups (broad SMARTS) is 1. The summed E-state index contributed by atoms with van der Waals surface area (Å²) in [5.41, 5.74) is 0. The molecule has 1 N–H and O–H groups in total. The summed E-state index contributed by atoms with van der Waals surface area (Å²) >= 11 is 2.92. The first-order valence-corrected chi connectivity index (χ1v) is 9.45. The Kier molecular flexibility index (Phi) is 5.05. The zero-order valence-corrected chi connectivity index (χ0v) is 13.8. The molecule has 2 atom stereocenters. The van der Waals surface area contributed by atoms with Crippen LogP contribution in [0.2, 0.25) is 0 Å². The number of hydrogen-bond donors (Lipinski definition) is 1. The molecule has 0 radical (unpaired) electrons. The number of thiophene rings is 1. The van der Waals surface area contributed by atoms with Crippen LogP contribution in [0.15, 0.2) is 12.1 Å². The second-order valence-corrected chi connectivity index (χ2v) is 7.81. The van der Waals surface area contributed by atoms with Crippen molar-refractivity contribution in [2.75, 3.05) is 24.7 Å². The molecule has 0 aliphatic carbocycles. The lowest BCUT2D eigenvalue weighted by molar-refractivity contribution is 0.0445. The van der Waals surface area contributed by atoms with Crippen LogP contribution in [0.1, 0.15) is 38.6 Å². The molecular formula is C15H19NO4S2. The van der Waals surface area contributed by atoms with Gasteiger partial charge in [-0.15, -0.1) is 11.3 Å². The average molecular weight is 341 g/mol. The highest BCUT2D eigenvalue weighted by Gasteiger charge is 2.32. The number of hydrogen-bond acceptors (Lipinski definition) is 5. The summed E-state index contributed by atoms with van der Waals surface area (Å²) in [7, 11) is 0. The minimum atomic E-state index is -0.980. The molecule has 22 heavy (non-hydrogen) atoms. The summed E-state index contributed by atoms with van der Waals surface area (Å²) in [5.74, 6) is 0.993. The van der Waals surface area contributed by atoms with E-state index in [-0.39, 0.29) is 22.9 Å². The number of carbonyl (C=O) groups is 2. The highest BCUT2D eigenvalue weighted by Crippen LogP contribution is 2.27. The van der Waals surface area contributed by atoms with Crippen LogP contribution in [0.3, 0.4) is 0 Å². The van der Waals surface area contributed by atoms with E-state index in [2.05, 4.69) is 0 Å². The van der Waals surface area contributed by atoms with E-state index in [0.29, 0.717) is 11.4 Å². The third-order valence-electron chi connectivity index (χ3n) is 4.06. The van der Waals surface area contributed by atoms with E-state index in [1.54, 1.807) is 6.07 Å². The predicted octanol–water partition coefficient (Wildman–Crippen LogP) is 2.57.